The van der Waals surface area contributed by atoms with Crippen LogP contribution in [0.2, 0.25) is 0 Å². The lowest BCUT2D eigenvalue weighted by Gasteiger charge is -2.17. The number of pyridine rings is 1. The maximum atomic E-state index is 12.8. The molecule has 1 aliphatic rings. The first-order chi connectivity index (χ1) is 14.1. The number of nitrogens with one attached hydrogen (secondary N) is 1. The maximum Gasteiger partial charge on any atom is 0.260 e. The van der Waals surface area contributed by atoms with E-state index in [9.17, 15) is 4.79 Å². The Morgan fingerprint density at radius 3 is 2.86 bits per heavy atom. The van der Waals surface area contributed by atoms with Crippen molar-refractivity contribution in [3.8, 4) is 17.3 Å². The van der Waals surface area contributed by atoms with Crippen molar-refractivity contribution >= 4 is 11.7 Å². The van der Waals surface area contributed by atoms with Gasteiger partial charge < -0.3 is 14.6 Å². The number of ether oxygens (including phenoxy) is 1. The van der Waals surface area contributed by atoms with Crippen LogP contribution in [0.3, 0.4) is 0 Å². The van der Waals surface area contributed by atoms with E-state index in [1.807, 2.05) is 55.7 Å². The van der Waals surface area contributed by atoms with E-state index in [4.69, 9.17) is 4.74 Å². The summed E-state index contributed by atoms with van der Waals surface area (Å²) in [5, 5.41) is 11.1. The summed E-state index contributed by atoms with van der Waals surface area (Å²) in [4.78, 5) is 17.4. The lowest BCUT2D eigenvalue weighted by molar-refractivity contribution is 0.102. The van der Waals surface area contributed by atoms with Crippen LogP contribution in [0.15, 0.2) is 42.7 Å². The second-order valence-electron chi connectivity index (χ2n) is 6.91. The molecular formula is C22H27N5O2. The largest absolute Gasteiger partial charge is 0.492 e. The molecule has 1 unspecified atom stereocenters. The van der Waals surface area contributed by atoms with Crippen molar-refractivity contribution in [1.82, 2.24) is 19.7 Å². The van der Waals surface area contributed by atoms with Crippen molar-refractivity contribution in [2.75, 3.05) is 11.9 Å². The van der Waals surface area contributed by atoms with Gasteiger partial charge in [-0.15, -0.1) is 10.2 Å². The van der Waals surface area contributed by atoms with E-state index in [-0.39, 0.29) is 5.91 Å². The second-order valence-corrected chi connectivity index (χ2v) is 6.91. The Morgan fingerprint density at radius 1 is 1.21 bits per heavy atom. The van der Waals surface area contributed by atoms with Crippen LogP contribution in [0.25, 0.3) is 11.5 Å². The van der Waals surface area contributed by atoms with Gasteiger partial charge in [0.15, 0.2) is 5.82 Å². The molecule has 1 N–H and O–H groups in total. The van der Waals surface area contributed by atoms with Gasteiger partial charge in [0.2, 0.25) is 0 Å². The Morgan fingerprint density at radius 2 is 2.03 bits per heavy atom. The van der Waals surface area contributed by atoms with Gasteiger partial charge in [-0.3, -0.25) is 4.79 Å². The number of aryl methyl sites for hydroxylation is 2. The number of benzene rings is 1. The van der Waals surface area contributed by atoms with Crippen molar-refractivity contribution in [2.24, 2.45) is 5.92 Å². The fourth-order valence-corrected chi connectivity index (χ4v) is 3.05. The van der Waals surface area contributed by atoms with Gasteiger partial charge in [0.25, 0.3) is 5.91 Å². The van der Waals surface area contributed by atoms with Crippen molar-refractivity contribution in [1.29, 1.82) is 0 Å². The quantitative estimate of drug-likeness (QED) is 0.614. The van der Waals surface area contributed by atoms with Crippen LogP contribution in [-0.2, 0) is 6.54 Å². The highest BCUT2D eigenvalue weighted by Gasteiger charge is 2.17. The minimum Gasteiger partial charge on any atom is -0.492 e. The van der Waals surface area contributed by atoms with Crippen LogP contribution in [-0.4, -0.2) is 32.3 Å². The molecule has 0 fully saturated rings. The third kappa shape index (κ3) is 4.80. The number of rotatable bonds is 0. The lowest BCUT2D eigenvalue weighted by Crippen LogP contribution is -2.18. The predicted octanol–water partition coefficient (Wildman–Crippen LogP) is 4.35. The number of hydrogen-bond acceptors (Lipinski definition) is 5. The highest BCUT2D eigenvalue weighted by molar-refractivity contribution is 6.06. The molecule has 0 aliphatic carbocycles. The highest BCUT2D eigenvalue weighted by Crippen LogP contribution is 2.24. The zero-order chi connectivity index (χ0) is 20.8. The summed E-state index contributed by atoms with van der Waals surface area (Å²) < 4.78 is 7.95. The number of anilines is 1. The van der Waals surface area contributed by atoms with E-state index in [1.54, 1.807) is 12.4 Å². The zero-order valence-corrected chi connectivity index (χ0v) is 17.3. The van der Waals surface area contributed by atoms with Gasteiger partial charge in [-0.25, -0.2) is 4.98 Å². The van der Waals surface area contributed by atoms with Crippen molar-refractivity contribution < 1.29 is 9.53 Å². The number of carbonyl (C=O) groups excluding carboxylic acids is 1. The van der Waals surface area contributed by atoms with Crippen LogP contribution in [0.4, 0.5) is 5.82 Å². The summed E-state index contributed by atoms with van der Waals surface area (Å²) in [6.07, 6.45) is 2.61. The van der Waals surface area contributed by atoms with Crippen molar-refractivity contribution in [3.05, 3.63) is 53.9 Å². The van der Waals surface area contributed by atoms with Gasteiger partial charge in [-0.05, 0) is 43.5 Å². The summed E-state index contributed by atoms with van der Waals surface area (Å²) >= 11 is 0. The summed E-state index contributed by atoms with van der Waals surface area (Å²) in [5.41, 5.74) is 2.18. The number of amides is 1. The Labute approximate surface area is 171 Å². The highest BCUT2D eigenvalue weighted by atomic mass is 16.5. The van der Waals surface area contributed by atoms with Gasteiger partial charge in [0.05, 0.1) is 12.2 Å². The Bertz CT molecular complexity index is 983. The van der Waals surface area contributed by atoms with Crippen LogP contribution in [0.1, 0.15) is 43.1 Å². The zero-order valence-electron chi connectivity index (χ0n) is 17.3. The lowest BCUT2D eigenvalue weighted by atomic mass is 10.1. The smallest absolute Gasteiger partial charge is 0.260 e. The first-order valence-corrected chi connectivity index (χ1v) is 10.00. The summed E-state index contributed by atoms with van der Waals surface area (Å²) in [6.45, 7) is 9.38. The summed E-state index contributed by atoms with van der Waals surface area (Å²) in [7, 11) is 0. The predicted molar refractivity (Wildman–Crippen MR) is 113 cm³/mol. The topological polar surface area (TPSA) is 81.9 Å². The normalized spacial score (nSPS) is 16.1. The number of nitrogens with zero attached hydrogens (tertiary/aromatic N) is 4. The van der Waals surface area contributed by atoms with E-state index in [0.717, 1.165) is 18.5 Å². The molecule has 7 nitrogen and oxygen atoms in total. The fourth-order valence-electron chi connectivity index (χ4n) is 3.05. The van der Waals surface area contributed by atoms with Crippen LogP contribution in [0, 0.1) is 12.8 Å². The molecule has 2 aromatic heterocycles. The van der Waals surface area contributed by atoms with Crippen LogP contribution < -0.4 is 10.1 Å². The molecule has 1 aromatic carbocycles. The van der Waals surface area contributed by atoms with Gasteiger partial charge in [0.1, 0.15) is 23.6 Å². The van der Waals surface area contributed by atoms with E-state index in [0.29, 0.717) is 41.2 Å². The molecule has 1 aliphatic heterocycles. The van der Waals surface area contributed by atoms with E-state index < -0.39 is 0 Å². The molecule has 0 saturated carbocycles. The Balaban J connectivity index is 0.00000117. The standard InChI is InChI=1S/C20H21N5O2.C2H6/c1-13-6-7-17-15(10-13)20(26)23-18-5-3-4-16(22-18)19-24-21-12-25(19)9-8-14(2)11-27-17;1-2/h3-7,10,12,14H,8-9,11H2,1-2H3,(H,22,23,26);1-2H3. The third-order valence-electron chi connectivity index (χ3n) is 4.60. The van der Waals surface area contributed by atoms with Crippen LogP contribution >= 0.6 is 0 Å². The molecule has 1 amide bonds. The second kappa shape index (κ2) is 9.32. The Kier molecular flexibility index (Phi) is 6.59. The summed E-state index contributed by atoms with van der Waals surface area (Å²) in [5.74, 6) is 1.80. The average molecular weight is 393 g/mol. The number of fused-ring (bicyclic) bond motifs is 5. The molecule has 4 rings (SSSR count). The minimum atomic E-state index is -0.246. The molecule has 0 saturated heterocycles. The monoisotopic (exact) mass is 393 g/mol. The SMILES string of the molecule is CC.Cc1ccc2c(c1)C(=O)Nc1cccc(n1)-c1nncn1CCC(C)CO2. The van der Waals surface area contributed by atoms with E-state index in [2.05, 4.69) is 27.4 Å². The first kappa shape index (κ1) is 20.5. The Hall–Kier alpha value is -3.22. The van der Waals surface area contributed by atoms with Crippen molar-refractivity contribution in [3.63, 3.8) is 0 Å². The molecule has 3 aromatic rings. The minimum absolute atomic E-state index is 0.246. The number of aromatic nitrogens is 4. The molecule has 1 atom stereocenters. The maximum absolute atomic E-state index is 12.8. The third-order valence-corrected chi connectivity index (χ3v) is 4.60. The molecule has 152 valence electrons. The molecule has 0 spiro atoms. The van der Waals surface area contributed by atoms with Gasteiger partial charge >= 0.3 is 0 Å². The van der Waals surface area contributed by atoms with Gasteiger partial charge in [0, 0.05) is 6.54 Å². The first-order valence-electron chi connectivity index (χ1n) is 10.00. The molecule has 7 heteroatoms. The van der Waals surface area contributed by atoms with E-state index in [1.165, 1.54) is 0 Å². The number of hydrogen-bond donors (Lipinski definition) is 1. The number of carbonyl (C=O) groups is 1. The molecule has 3 heterocycles. The van der Waals surface area contributed by atoms with Gasteiger partial charge in [-0.1, -0.05) is 38.5 Å². The average Bonchev–Trinajstić information content (AvgIpc) is 3.21. The molecule has 0 radical (unpaired) electrons. The molecule has 2 bridgehead atoms. The summed E-state index contributed by atoms with van der Waals surface area (Å²) in [6, 6.07) is 11.1. The molecule has 29 heavy (non-hydrogen) atoms. The van der Waals surface area contributed by atoms with E-state index >= 15 is 0 Å². The van der Waals surface area contributed by atoms with Crippen LogP contribution in [0.5, 0.6) is 5.75 Å². The van der Waals surface area contributed by atoms with Crippen molar-refractivity contribution in [2.45, 2.75) is 40.7 Å². The molecular weight excluding hydrogens is 366 g/mol. The van der Waals surface area contributed by atoms with Gasteiger partial charge in [-0.2, -0.15) is 0 Å². The fraction of sp³-hybridized carbons (Fsp3) is 0.364.